The van der Waals surface area contributed by atoms with Crippen molar-refractivity contribution >= 4 is 5.78 Å². The molecule has 0 bridgehead atoms. The molecule has 2 aliphatic rings. The van der Waals surface area contributed by atoms with Crippen LogP contribution in [-0.4, -0.2) is 80.8 Å². The predicted octanol–water partition coefficient (Wildman–Crippen LogP) is -0.00840. The van der Waals surface area contributed by atoms with Crippen LogP contribution in [0.2, 0.25) is 0 Å². The van der Waals surface area contributed by atoms with Gasteiger partial charge in [0.15, 0.2) is 5.78 Å². The van der Waals surface area contributed by atoms with Crippen molar-refractivity contribution in [3.8, 4) is 28.7 Å². The Morgan fingerprint density at radius 3 is 2.52 bits per heavy atom. The van der Waals surface area contributed by atoms with Crippen LogP contribution < -0.4 is 14.2 Å². The van der Waals surface area contributed by atoms with Crippen LogP contribution >= 0.6 is 0 Å². The summed E-state index contributed by atoms with van der Waals surface area (Å²) in [6, 6.07) is 6.95. The Kier molecular flexibility index (Phi) is 6.32. The second-order valence-electron chi connectivity index (χ2n) is 7.76. The lowest BCUT2D eigenvalue weighted by Gasteiger charge is -2.40. The second-order valence-corrected chi connectivity index (χ2v) is 7.76. The maximum atomic E-state index is 12.8. The molecule has 33 heavy (non-hydrogen) atoms. The fourth-order valence-corrected chi connectivity index (χ4v) is 3.94. The summed E-state index contributed by atoms with van der Waals surface area (Å²) in [5, 5.41) is 60.3. The zero-order chi connectivity index (χ0) is 23.9. The molecule has 4 rings (SSSR count). The van der Waals surface area contributed by atoms with Crippen LogP contribution in [0.3, 0.4) is 0 Å². The number of hydrogen-bond acceptors (Lipinski definition) is 11. The van der Waals surface area contributed by atoms with Gasteiger partial charge in [-0.1, -0.05) is 6.07 Å². The Hall–Kier alpha value is -3.09. The first-order valence-electron chi connectivity index (χ1n) is 10.1. The number of phenols is 2. The lowest BCUT2D eigenvalue weighted by atomic mass is 9.94. The number of methoxy groups -OCH3 is 1. The third kappa shape index (κ3) is 4.16. The van der Waals surface area contributed by atoms with Crippen molar-refractivity contribution in [2.75, 3.05) is 13.7 Å². The van der Waals surface area contributed by atoms with Crippen LogP contribution in [0.1, 0.15) is 28.4 Å². The minimum Gasteiger partial charge on any atom is -0.507 e. The van der Waals surface area contributed by atoms with Gasteiger partial charge in [0, 0.05) is 12.1 Å². The second kappa shape index (κ2) is 9.04. The van der Waals surface area contributed by atoms with E-state index in [1.54, 1.807) is 0 Å². The average molecular weight is 464 g/mol. The van der Waals surface area contributed by atoms with E-state index >= 15 is 0 Å². The summed E-state index contributed by atoms with van der Waals surface area (Å²) in [5.74, 6) is -0.727. The monoisotopic (exact) mass is 464 g/mol. The number of aliphatic hydroxyl groups excluding tert-OH is 4. The molecule has 2 aromatic carbocycles. The number of phenolic OH excluding ortho intramolecular Hbond substituents is 2. The smallest absolute Gasteiger partial charge is 0.229 e. The molecular formula is C22H24O11. The van der Waals surface area contributed by atoms with Crippen molar-refractivity contribution in [3.05, 3.63) is 41.5 Å². The molecule has 0 aliphatic carbocycles. The quantitative estimate of drug-likeness (QED) is 0.351. The number of rotatable bonds is 5. The molecule has 0 aromatic heterocycles. The summed E-state index contributed by atoms with van der Waals surface area (Å²) in [6.45, 7) is -0.639. The van der Waals surface area contributed by atoms with E-state index in [2.05, 4.69) is 0 Å². The SMILES string of the molecule is COc1cc(O)c2c(c1)O[C@H](c1c(O)cccc1O[C@@H]1O[C@@H](CO)[C@@H](O)[C@@H](O)[C@H]1O)CC2=O. The van der Waals surface area contributed by atoms with E-state index in [9.17, 15) is 35.4 Å². The Labute approximate surface area is 188 Å². The van der Waals surface area contributed by atoms with Gasteiger partial charge >= 0.3 is 0 Å². The first-order chi connectivity index (χ1) is 15.7. The number of aliphatic hydroxyl groups is 4. The van der Waals surface area contributed by atoms with Crippen LogP contribution in [0, 0.1) is 0 Å². The number of Topliss-reactive ketones (excluding diaryl/α,β-unsaturated/α-hetero) is 1. The van der Waals surface area contributed by atoms with Crippen molar-refractivity contribution in [1.82, 2.24) is 0 Å². The van der Waals surface area contributed by atoms with Gasteiger partial charge in [-0.2, -0.15) is 0 Å². The van der Waals surface area contributed by atoms with E-state index < -0.39 is 49.2 Å². The van der Waals surface area contributed by atoms with Gasteiger partial charge in [0.05, 0.1) is 25.7 Å². The molecule has 0 spiro atoms. The van der Waals surface area contributed by atoms with E-state index in [1.165, 1.54) is 37.4 Å². The lowest BCUT2D eigenvalue weighted by molar-refractivity contribution is -0.277. The van der Waals surface area contributed by atoms with Crippen molar-refractivity contribution in [2.24, 2.45) is 0 Å². The molecule has 0 saturated carbocycles. The summed E-state index contributed by atoms with van der Waals surface area (Å²) in [7, 11) is 1.39. The fourth-order valence-electron chi connectivity index (χ4n) is 3.94. The standard InChI is InChI=1S/C22H24O11/c1-30-9-5-11(25)17-12(26)7-15(31-14(17)6-9)18-10(24)3-2-4-13(18)32-22-21(29)20(28)19(27)16(8-23)33-22/h2-6,15-16,19-25,27-29H,7-8H2,1H3/t15-,16-,19+,20+,21+,22+/m0/s1. The number of carbonyl (C=O) groups excluding carboxylic acids is 1. The zero-order valence-electron chi connectivity index (χ0n) is 17.5. The number of hydrogen-bond donors (Lipinski definition) is 6. The third-order valence-electron chi connectivity index (χ3n) is 5.67. The molecule has 6 N–H and O–H groups in total. The van der Waals surface area contributed by atoms with Crippen LogP contribution in [0.25, 0.3) is 0 Å². The minimum atomic E-state index is -1.67. The molecule has 178 valence electrons. The Morgan fingerprint density at radius 1 is 1.06 bits per heavy atom. The lowest BCUT2D eigenvalue weighted by Crippen LogP contribution is -2.60. The molecule has 2 heterocycles. The molecule has 0 radical (unpaired) electrons. The molecule has 6 atom stereocenters. The first kappa shape index (κ1) is 23.1. The van der Waals surface area contributed by atoms with Crippen LogP contribution in [0.4, 0.5) is 0 Å². The van der Waals surface area contributed by atoms with Crippen LogP contribution in [-0.2, 0) is 4.74 Å². The number of benzene rings is 2. The third-order valence-corrected chi connectivity index (χ3v) is 5.67. The van der Waals surface area contributed by atoms with Gasteiger partial charge in [-0.25, -0.2) is 0 Å². The highest BCUT2D eigenvalue weighted by Crippen LogP contribution is 2.46. The zero-order valence-corrected chi connectivity index (χ0v) is 17.5. The Balaban J connectivity index is 1.67. The van der Waals surface area contributed by atoms with Crippen LogP contribution in [0.15, 0.2) is 30.3 Å². The summed E-state index contributed by atoms with van der Waals surface area (Å²) < 4.78 is 22.1. The molecule has 11 nitrogen and oxygen atoms in total. The Morgan fingerprint density at radius 2 is 1.82 bits per heavy atom. The minimum absolute atomic E-state index is 0.0149. The van der Waals surface area contributed by atoms with Gasteiger partial charge in [0.1, 0.15) is 64.8 Å². The summed E-state index contributed by atoms with van der Waals surface area (Å²) in [4.78, 5) is 12.8. The van der Waals surface area contributed by atoms with E-state index in [4.69, 9.17) is 18.9 Å². The highest BCUT2D eigenvalue weighted by atomic mass is 16.7. The van der Waals surface area contributed by atoms with E-state index in [0.717, 1.165) is 0 Å². The van der Waals surface area contributed by atoms with Crippen molar-refractivity contribution < 1.29 is 54.4 Å². The topological polar surface area (TPSA) is 175 Å². The Bertz CT molecular complexity index is 1040. The van der Waals surface area contributed by atoms with E-state index in [-0.39, 0.29) is 46.3 Å². The van der Waals surface area contributed by atoms with Crippen molar-refractivity contribution in [1.29, 1.82) is 0 Å². The first-order valence-corrected chi connectivity index (χ1v) is 10.1. The molecule has 1 saturated heterocycles. The van der Waals surface area contributed by atoms with Gasteiger partial charge in [-0.3, -0.25) is 4.79 Å². The number of ketones is 1. The summed E-state index contributed by atoms with van der Waals surface area (Å²) >= 11 is 0. The van der Waals surface area contributed by atoms with Gasteiger partial charge in [-0.15, -0.1) is 0 Å². The van der Waals surface area contributed by atoms with Gasteiger partial charge in [0.25, 0.3) is 0 Å². The number of ether oxygens (including phenoxy) is 4. The maximum absolute atomic E-state index is 12.8. The molecule has 2 aliphatic heterocycles. The van der Waals surface area contributed by atoms with E-state index in [1.807, 2.05) is 0 Å². The van der Waals surface area contributed by atoms with Gasteiger partial charge < -0.3 is 49.6 Å². The average Bonchev–Trinajstić information content (AvgIpc) is 2.78. The summed E-state index contributed by atoms with van der Waals surface area (Å²) in [5.41, 5.74) is 0.0506. The predicted molar refractivity (Wildman–Crippen MR) is 109 cm³/mol. The molecule has 2 aromatic rings. The normalized spacial score (nSPS) is 29.2. The highest BCUT2D eigenvalue weighted by molar-refractivity contribution is 6.02. The van der Waals surface area contributed by atoms with Crippen LogP contribution in [0.5, 0.6) is 28.7 Å². The number of fused-ring (bicyclic) bond motifs is 1. The molecular weight excluding hydrogens is 440 g/mol. The summed E-state index contributed by atoms with van der Waals surface area (Å²) in [6.07, 6.45) is -8.86. The van der Waals surface area contributed by atoms with Gasteiger partial charge in [-0.05, 0) is 12.1 Å². The number of aromatic hydroxyl groups is 2. The highest BCUT2D eigenvalue weighted by Gasteiger charge is 2.45. The largest absolute Gasteiger partial charge is 0.507 e. The fraction of sp³-hybridized carbons (Fsp3) is 0.409. The molecule has 1 fully saturated rings. The molecule has 11 heteroatoms. The number of carbonyl (C=O) groups is 1. The van der Waals surface area contributed by atoms with Crippen molar-refractivity contribution in [2.45, 2.75) is 43.2 Å². The van der Waals surface area contributed by atoms with Crippen molar-refractivity contribution in [3.63, 3.8) is 0 Å². The van der Waals surface area contributed by atoms with E-state index in [0.29, 0.717) is 0 Å². The van der Waals surface area contributed by atoms with Gasteiger partial charge in [0.2, 0.25) is 6.29 Å². The maximum Gasteiger partial charge on any atom is 0.229 e. The molecule has 0 unspecified atom stereocenters. The molecule has 0 amide bonds.